The summed E-state index contributed by atoms with van der Waals surface area (Å²) >= 11 is 0. The van der Waals surface area contributed by atoms with E-state index in [0.717, 1.165) is 72.5 Å². The highest BCUT2D eigenvalue weighted by Gasteiger charge is 2.47. The number of sulfone groups is 1. The molecule has 0 amide bonds. The molecule has 1 aromatic heterocycles. The van der Waals surface area contributed by atoms with Crippen molar-refractivity contribution in [1.82, 2.24) is 9.78 Å². The van der Waals surface area contributed by atoms with Gasteiger partial charge in [-0.05, 0) is 55.5 Å². The Balaban J connectivity index is 1.36. The SMILES string of the molecule is COc1cccc(-n2cc(-c3ccc(N4CCS(=O)(=O)CC4)cc3)c([C@@H]3CCCC[C@H]3C(=O)CC3(C#N)CC3)n2)c1. The highest BCUT2D eigenvalue weighted by Crippen LogP contribution is 2.51. The van der Waals surface area contributed by atoms with E-state index in [0.29, 0.717) is 19.5 Å². The van der Waals surface area contributed by atoms with Crippen LogP contribution in [0, 0.1) is 22.7 Å². The summed E-state index contributed by atoms with van der Waals surface area (Å²) in [4.78, 5) is 15.7. The summed E-state index contributed by atoms with van der Waals surface area (Å²) in [6.07, 6.45) is 7.79. The third kappa shape index (κ3) is 5.76. The number of benzene rings is 2. The number of ketones is 1. The van der Waals surface area contributed by atoms with Gasteiger partial charge in [0.1, 0.15) is 11.5 Å². The van der Waals surface area contributed by atoms with Crippen LogP contribution in [0.4, 0.5) is 5.69 Å². The maximum Gasteiger partial charge on any atom is 0.153 e. The summed E-state index contributed by atoms with van der Waals surface area (Å²) in [5.74, 6) is 1.14. The highest BCUT2D eigenvalue weighted by molar-refractivity contribution is 7.91. The summed E-state index contributed by atoms with van der Waals surface area (Å²) < 4.78 is 31.1. The molecule has 41 heavy (non-hydrogen) atoms. The zero-order valence-electron chi connectivity index (χ0n) is 23.5. The van der Waals surface area contributed by atoms with Crippen molar-refractivity contribution < 1.29 is 17.9 Å². The highest BCUT2D eigenvalue weighted by atomic mass is 32.2. The van der Waals surface area contributed by atoms with Crippen LogP contribution in [0.1, 0.15) is 56.6 Å². The van der Waals surface area contributed by atoms with Gasteiger partial charge in [-0.2, -0.15) is 10.4 Å². The molecule has 0 N–H and O–H groups in total. The molecule has 214 valence electrons. The number of hydrogen-bond donors (Lipinski definition) is 0. The molecule has 2 aliphatic carbocycles. The van der Waals surface area contributed by atoms with Gasteiger partial charge in [0, 0.05) is 54.9 Å². The number of hydrogen-bond acceptors (Lipinski definition) is 7. The lowest BCUT2D eigenvalue weighted by molar-refractivity contribution is -0.125. The number of ether oxygens (including phenoxy) is 1. The van der Waals surface area contributed by atoms with Crippen LogP contribution in [0.5, 0.6) is 5.75 Å². The van der Waals surface area contributed by atoms with Crippen molar-refractivity contribution in [1.29, 1.82) is 5.26 Å². The van der Waals surface area contributed by atoms with Crippen molar-refractivity contribution >= 4 is 21.3 Å². The fraction of sp³-hybridized carbons (Fsp3) is 0.469. The van der Waals surface area contributed by atoms with Crippen molar-refractivity contribution in [3.05, 3.63) is 60.4 Å². The Hall–Kier alpha value is -3.64. The number of nitriles is 1. The second kappa shape index (κ2) is 11.0. The van der Waals surface area contributed by atoms with E-state index < -0.39 is 15.3 Å². The van der Waals surface area contributed by atoms with Crippen molar-refractivity contribution in [3.63, 3.8) is 0 Å². The Morgan fingerprint density at radius 3 is 2.49 bits per heavy atom. The molecular formula is C32H36N4O4S. The fourth-order valence-electron chi connectivity index (χ4n) is 6.38. The van der Waals surface area contributed by atoms with Gasteiger partial charge in [-0.25, -0.2) is 13.1 Å². The van der Waals surface area contributed by atoms with Crippen molar-refractivity contribution in [2.75, 3.05) is 36.6 Å². The van der Waals surface area contributed by atoms with Crippen molar-refractivity contribution in [2.45, 2.75) is 50.9 Å². The van der Waals surface area contributed by atoms with Gasteiger partial charge in [0.2, 0.25) is 0 Å². The summed E-state index contributed by atoms with van der Waals surface area (Å²) in [6, 6.07) is 18.4. The molecule has 3 aromatic rings. The first-order chi connectivity index (χ1) is 19.8. The quantitative estimate of drug-likeness (QED) is 0.360. The smallest absolute Gasteiger partial charge is 0.153 e. The molecule has 1 saturated heterocycles. The van der Waals surface area contributed by atoms with E-state index in [4.69, 9.17) is 9.84 Å². The van der Waals surface area contributed by atoms with Crippen LogP contribution >= 0.6 is 0 Å². The summed E-state index contributed by atoms with van der Waals surface area (Å²) in [5, 5.41) is 14.7. The Kier molecular flexibility index (Phi) is 7.37. The lowest BCUT2D eigenvalue weighted by Crippen LogP contribution is -2.40. The van der Waals surface area contributed by atoms with E-state index >= 15 is 0 Å². The molecule has 0 unspecified atom stereocenters. The number of carbonyl (C=O) groups is 1. The molecule has 0 radical (unpaired) electrons. The fourth-order valence-corrected chi connectivity index (χ4v) is 7.58. The summed E-state index contributed by atoms with van der Waals surface area (Å²) in [6.45, 7) is 0.994. The topological polar surface area (TPSA) is 105 Å². The van der Waals surface area contributed by atoms with Gasteiger partial charge in [-0.3, -0.25) is 4.79 Å². The second-order valence-corrected chi connectivity index (χ2v) is 14.1. The van der Waals surface area contributed by atoms with Gasteiger partial charge >= 0.3 is 0 Å². The Morgan fingerprint density at radius 1 is 1.07 bits per heavy atom. The van der Waals surface area contributed by atoms with Gasteiger partial charge in [-0.1, -0.05) is 31.0 Å². The Bertz CT molecular complexity index is 1570. The molecular weight excluding hydrogens is 536 g/mol. The predicted molar refractivity (Wildman–Crippen MR) is 158 cm³/mol. The first kappa shape index (κ1) is 27.5. The number of carbonyl (C=O) groups excluding carboxylic acids is 1. The molecule has 6 rings (SSSR count). The minimum atomic E-state index is -2.95. The summed E-state index contributed by atoms with van der Waals surface area (Å²) in [5.41, 5.74) is 4.35. The van der Waals surface area contributed by atoms with Crippen LogP contribution in [0.2, 0.25) is 0 Å². The lowest BCUT2D eigenvalue weighted by Gasteiger charge is -2.31. The molecule has 2 atom stereocenters. The van der Waals surface area contributed by atoms with Crippen LogP contribution in [0.25, 0.3) is 16.8 Å². The van der Waals surface area contributed by atoms with Crippen molar-refractivity contribution in [3.8, 4) is 28.6 Å². The third-order valence-electron chi connectivity index (χ3n) is 9.08. The van der Waals surface area contributed by atoms with Gasteiger partial charge in [0.15, 0.2) is 9.84 Å². The molecule has 8 nitrogen and oxygen atoms in total. The Labute approximate surface area is 241 Å². The molecule has 2 aromatic carbocycles. The van der Waals surface area contributed by atoms with Gasteiger partial charge in [0.05, 0.1) is 41.5 Å². The van der Waals surface area contributed by atoms with E-state index in [1.807, 2.05) is 47.3 Å². The number of aromatic nitrogens is 2. The lowest BCUT2D eigenvalue weighted by atomic mass is 9.72. The average Bonchev–Trinajstić information content (AvgIpc) is 3.63. The molecule has 2 heterocycles. The number of nitrogens with zero attached hydrogens (tertiary/aromatic N) is 4. The molecule has 9 heteroatoms. The van der Waals surface area contributed by atoms with E-state index in [1.54, 1.807) is 7.11 Å². The molecule has 1 aliphatic heterocycles. The maximum atomic E-state index is 13.6. The maximum absolute atomic E-state index is 13.6. The number of rotatable bonds is 8. The number of Topliss-reactive ketones (excluding diaryl/α,β-unsaturated/α-hetero) is 1. The largest absolute Gasteiger partial charge is 0.497 e. The minimum absolute atomic E-state index is 0.0143. The Morgan fingerprint density at radius 2 is 1.80 bits per heavy atom. The normalized spacial score (nSPS) is 23.0. The molecule has 2 saturated carbocycles. The second-order valence-electron chi connectivity index (χ2n) is 11.8. The van der Waals surface area contributed by atoms with Gasteiger partial charge < -0.3 is 9.64 Å². The van der Waals surface area contributed by atoms with E-state index in [-0.39, 0.29) is 29.1 Å². The van der Waals surface area contributed by atoms with E-state index in [2.05, 4.69) is 23.1 Å². The van der Waals surface area contributed by atoms with Gasteiger partial charge in [0.25, 0.3) is 0 Å². The van der Waals surface area contributed by atoms with Crippen LogP contribution in [0.3, 0.4) is 0 Å². The van der Waals surface area contributed by atoms with Gasteiger partial charge in [-0.15, -0.1) is 0 Å². The zero-order chi connectivity index (χ0) is 28.6. The van der Waals surface area contributed by atoms with Crippen LogP contribution in [-0.4, -0.2) is 55.7 Å². The first-order valence-electron chi connectivity index (χ1n) is 14.5. The van der Waals surface area contributed by atoms with Crippen molar-refractivity contribution in [2.24, 2.45) is 11.3 Å². The zero-order valence-corrected chi connectivity index (χ0v) is 24.3. The number of anilines is 1. The minimum Gasteiger partial charge on any atom is -0.497 e. The van der Waals surface area contributed by atoms with Crippen LogP contribution in [-0.2, 0) is 14.6 Å². The van der Waals surface area contributed by atoms with E-state index in [9.17, 15) is 18.5 Å². The first-order valence-corrected chi connectivity index (χ1v) is 16.4. The summed E-state index contributed by atoms with van der Waals surface area (Å²) in [7, 11) is -1.31. The predicted octanol–water partition coefficient (Wildman–Crippen LogP) is 5.32. The standard InChI is InChI=1S/C32H36N4O4S/c1-40-26-6-4-5-25(19-26)36-21-29(23-9-11-24(12-10-23)35-15-17-41(38,39)18-16-35)31(34-36)28-8-3-2-7-27(28)30(37)20-32(22-33)13-14-32/h4-6,9-12,19,21,27-28H,2-3,7-8,13-18,20H2,1H3/t27-,28-/m1/s1. The van der Waals surface area contributed by atoms with E-state index in [1.165, 1.54) is 0 Å². The molecule has 0 bridgehead atoms. The molecule has 3 aliphatic rings. The van der Waals surface area contributed by atoms with Crippen LogP contribution < -0.4 is 9.64 Å². The third-order valence-corrected chi connectivity index (χ3v) is 10.7. The van der Waals surface area contributed by atoms with Crippen LogP contribution in [0.15, 0.2) is 54.7 Å². The average molecular weight is 573 g/mol. The molecule has 3 fully saturated rings. The number of methoxy groups -OCH3 is 1. The monoisotopic (exact) mass is 572 g/mol. The molecule has 0 spiro atoms.